The van der Waals surface area contributed by atoms with Crippen LogP contribution in [-0.2, 0) is 15.7 Å². The van der Waals surface area contributed by atoms with E-state index in [4.69, 9.17) is 9.97 Å². The van der Waals surface area contributed by atoms with Crippen LogP contribution in [0, 0.1) is 11.3 Å². The number of rotatable bonds is 4. The highest BCUT2D eigenvalue weighted by molar-refractivity contribution is 5.86. The van der Waals surface area contributed by atoms with Crippen molar-refractivity contribution < 1.29 is 4.79 Å². The summed E-state index contributed by atoms with van der Waals surface area (Å²) < 4.78 is 0. The molecule has 0 radical (unpaired) electrons. The van der Waals surface area contributed by atoms with Gasteiger partial charge in [0.2, 0.25) is 0 Å². The third kappa shape index (κ3) is 3.46. The van der Waals surface area contributed by atoms with E-state index < -0.39 is 5.54 Å². The zero-order valence-electron chi connectivity index (χ0n) is 22.4. The smallest absolute Gasteiger partial charge is 0.252 e. The predicted octanol–water partition coefficient (Wildman–Crippen LogP) is 2.91. The molecule has 11 nitrogen and oxygen atoms in total. The molecule has 1 saturated heterocycles. The molecule has 11 heteroatoms. The van der Waals surface area contributed by atoms with E-state index in [1.165, 1.54) is 12.0 Å². The molecule has 200 valence electrons. The summed E-state index contributed by atoms with van der Waals surface area (Å²) in [6, 6.07) is 5.88. The lowest BCUT2D eigenvalue weighted by Gasteiger charge is -2.50. The highest BCUT2D eigenvalue weighted by atomic mass is 16.2. The molecule has 2 aliphatic heterocycles. The van der Waals surface area contributed by atoms with Crippen LogP contribution in [0.25, 0.3) is 0 Å². The van der Waals surface area contributed by atoms with Gasteiger partial charge in [0.15, 0.2) is 5.54 Å². The second kappa shape index (κ2) is 8.73. The fourth-order valence-corrected chi connectivity index (χ4v) is 6.98. The van der Waals surface area contributed by atoms with Crippen molar-refractivity contribution in [2.75, 3.05) is 29.4 Å². The van der Waals surface area contributed by atoms with Crippen LogP contribution in [0.2, 0.25) is 0 Å². The number of aromatic nitrogens is 6. The number of carbonyl (C=O) groups excluding carboxylic acids is 1. The van der Waals surface area contributed by atoms with Gasteiger partial charge in [-0.25, -0.2) is 15.0 Å². The van der Waals surface area contributed by atoms with Crippen LogP contribution in [0.1, 0.15) is 63.5 Å². The summed E-state index contributed by atoms with van der Waals surface area (Å²) in [5.74, 6) is 2.73. The molecule has 2 atom stereocenters. The van der Waals surface area contributed by atoms with Gasteiger partial charge in [-0.2, -0.15) is 20.3 Å². The zero-order valence-corrected chi connectivity index (χ0v) is 22.4. The van der Waals surface area contributed by atoms with Crippen molar-refractivity contribution in [1.82, 2.24) is 34.8 Å². The Morgan fingerprint density at radius 2 is 1.72 bits per heavy atom. The van der Waals surface area contributed by atoms with Crippen LogP contribution >= 0.6 is 0 Å². The Labute approximate surface area is 227 Å². The second-order valence-electron chi connectivity index (χ2n) is 11.6. The molecule has 4 aliphatic rings. The minimum atomic E-state index is -0.655. The number of nitrogens with zero attached hydrogens (tertiary/aromatic N) is 10. The van der Waals surface area contributed by atoms with E-state index in [9.17, 15) is 10.1 Å². The first-order chi connectivity index (χ1) is 19.0. The van der Waals surface area contributed by atoms with E-state index in [1.807, 2.05) is 11.0 Å². The third-order valence-electron chi connectivity index (χ3n) is 9.42. The molecule has 3 aromatic heterocycles. The van der Waals surface area contributed by atoms with Crippen molar-refractivity contribution >= 4 is 23.4 Å². The quantitative estimate of drug-likeness (QED) is 0.507. The van der Waals surface area contributed by atoms with E-state index in [0.29, 0.717) is 18.7 Å². The van der Waals surface area contributed by atoms with Crippen LogP contribution in [0.4, 0.5) is 17.5 Å². The summed E-state index contributed by atoms with van der Waals surface area (Å²) in [6.45, 7) is 6.40. The molecule has 1 spiro atoms. The van der Waals surface area contributed by atoms with Crippen molar-refractivity contribution in [3.63, 3.8) is 0 Å². The molecule has 2 aliphatic carbocycles. The standard InChI is InChI=1S/C28H32N10O/c1-19-16-36(26(39)28(8-4-9-28)38-33-11-12-34-38)20(2)15-35(19)24-23-25(32-18-31-24)37(17-27(23)6-3-7-27)22-13-21(14-29)5-10-30-22/h5,10-13,18-20H,3-4,6-9,15-17H2,1-2H3/t19-,20+/m0/s1. The molecule has 0 aromatic carbocycles. The molecule has 3 fully saturated rings. The maximum Gasteiger partial charge on any atom is 0.252 e. The minimum Gasteiger partial charge on any atom is -0.350 e. The van der Waals surface area contributed by atoms with Gasteiger partial charge in [-0.05, 0) is 58.1 Å². The largest absolute Gasteiger partial charge is 0.350 e. The molecular formula is C28H32N10O. The lowest BCUT2D eigenvalue weighted by atomic mass is 9.66. The summed E-state index contributed by atoms with van der Waals surface area (Å²) in [6.07, 6.45) is 12.5. The summed E-state index contributed by atoms with van der Waals surface area (Å²) in [5, 5.41) is 18.1. The van der Waals surface area contributed by atoms with Gasteiger partial charge in [0.05, 0.1) is 24.0 Å². The van der Waals surface area contributed by atoms with E-state index in [0.717, 1.165) is 56.1 Å². The average Bonchev–Trinajstić information content (AvgIpc) is 3.56. The molecule has 0 unspecified atom stereocenters. The fourth-order valence-electron chi connectivity index (χ4n) is 6.98. The van der Waals surface area contributed by atoms with Crippen molar-refractivity contribution in [1.29, 1.82) is 5.26 Å². The highest BCUT2D eigenvalue weighted by Gasteiger charge is 2.54. The Hall–Kier alpha value is -4.07. The number of amides is 1. The number of hydrogen-bond donors (Lipinski definition) is 0. The number of piperazine rings is 1. The molecule has 0 bridgehead atoms. The second-order valence-corrected chi connectivity index (χ2v) is 11.6. The van der Waals surface area contributed by atoms with Crippen molar-refractivity contribution in [2.45, 2.75) is 75.4 Å². The van der Waals surface area contributed by atoms with E-state index in [-0.39, 0.29) is 23.4 Å². The van der Waals surface area contributed by atoms with Gasteiger partial charge in [-0.3, -0.25) is 4.79 Å². The molecule has 39 heavy (non-hydrogen) atoms. The lowest BCUT2D eigenvalue weighted by Crippen LogP contribution is -2.64. The zero-order chi connectivity index (χ0) is 26.8. The van der Waals surface area contributed by atoms with Crippen LogP contribution in [0.3, 0.4) is 0 Å². The Balaban J connectivity index is 1.21. The van der Waals surface area contributed by atoms with Crippen LogP contribution in [0.5, 0.6) is 0 Å². The Morgan fingerprint density at radius 1 is 0.974 bits per heavy atom. The molecule has 0 N–H and O–H groups in total. The Bertz CT molecular complexity index is 1460. The van der Waals surface area contributed by atoms with Crippen LogP contribution < -0.4 is 9.80 Å². The van der Waals surface area contributed by atoms with Gasteiger partial charge < -0.3 is 14.7 Å². The van der Waals surface area contributed by atoms with Crippen LogP contribution in [-0.4, -0.2) is 72.5 Å². The molecular weight excluding hydrogens is 492 g/mol. The van der Waals surface area contributed by atoms with Gasteiger partial charge in [0.25, 0.3) is 5.91 Å². The SMILES string of the molecule is C[C@@H]1CN(c2ncnc3c2C2(CCC2)CN3c2cc(C#N)ccn2)[C@@H](C)CN1C(=O)C1(n2nccn2)CCC1. The van der Waals surface area contributed by atoms with Gasteiger partial charge in [-0.15, -0.1) is 0 Å². The van der Waals surface area contributed by atoms with Gasteiger partial charge in [0.1, 0.15) is 23.8 Å². The molecule has 1 amide bonds. The number of carbonyl (C=O) groups is 1. The van der Waals surface area contributed by atoms with E-state index in [2.05, 4.69) is 44.9 Å². The molecule has 3 aromatic rings. The average molecular weight is 525 g/mol. The molecule has 5 heterocycles. The summed E-state index contributed by atoms with van der Waals surface area (Å²) in [7, 11) is 0. The minimum absolute atomic E-state index is 0.0103. The Morgan fingerprint density at radius 3 is 2.38 bits per heavy atom. The molecule has 7 rings (SSSR count). The number of fused-ring (bicyclic) bond motifs is 2. The monoisotopic (exact) mass is 524 g/mol. The number of hydrogen-bond acceptors (Lipinski definition) is 9. The molecule has 2 saturated carbocycles. The fraction of sp³-hybridized carbons (Fsp3) is 0.536. The van der Waals surface area contributed by atoms with Crippen molar-refractivity contribution in [3.05, 3.63) is 48.2 Å². The van der Waals surface area contributed by atoms with Gasteiger partial charge in [0, 0.05) is 48.9 Å². The normalized spacial score (nSPS) is 24.6. The number of anilines is 3. The lowest BCUT2D eigenvalue weighted by molar-refractivity contribution is -0.150. The number of nitriles is 1. The van der Waals surface area contributed by atoms with E-state index in [1.54, 1.807) is 35.8 Å². The highest BCUT2D eigenvalue weighted by Crippen LogP contribution is 2.56. The first-order valence-corrected chi connectivity index (χ1v) is 13.9. The topological polar surface area (TPSA) is 120 Å². The van der Waals surface area contributed by atoms with E-state index >= 15 is 0 Å². The summed E-state index contributed by atoms with van der Waals surface area (Å²) >= 11 is 0. The summed E-state index contributed by atoms with van der Waals surface area (Å²) in [4.78, 5) is 36.4. The predicted molar refractivity (Wildman–Crippen MR) is 143 cm³/mol. The first kappa shape index (κ1) is 24.0. The summed E-state index contributed by atoms with van der Waals surface area (Å²) in [5.41, 5.74) is 1.10. The van der Waals surface area contributed by atoms with Gasteiger partial charge >= 0.3 is 0 Å². The van der Waals surface area contributed by atoms with Gasteiger partial charge in [-0.1, -0.05) is 6.42 Å². The van der Waals surface area contributed by atoms with Crippen molar-refractivity contribution in [2.24, 2.45) is 0 Å². The number of pyridine rings is 1. The van der Waals surface area contributed by atoms with Crippen molar-refractivity contribution in [3.8, 4) is 6.07 Å². The van der Waals surface area contributed by atoms with Crippen LogP contribution in [0.15, 0.2) is 37.1 Å². The first-order valence-electron chi connectivity index (χ1n) is 13.9. The maximum atomic E-state index is 13.9. The third-order valence-corrected chi connectivity index (χ3v) is 9.42. The Kier molecular flexibility index (Phi) is 5.37. The maximum absolute atomic E-state index is 13.9.